The molecule has 1 rings (SSSR count). The van der Waals surface area contributed by atoms with Gasteiger partial charge in [-0.2, -0.15) is 0 Å². The van der Waals surface area contributed by atoms with E-state index < -0.39 is 10.0 Å². The molecule has 1 fully saturated rings. The summed E-state index contributed by atoms with van der Waals surface area (Å²) < 4.78 is 25.2. The molecule has 0 bridgehead atoms. The fraction of sp³-hybridized carbons (Fsp3) is 1.00. The first-order chi connectivity index (χ1) is 6.10. The first-order valence-electron chi connectivity index (χ1n) is 4.72. The normalized spacial score (nSPS) is 30.3. The van der Waals surface area contributed by atoms with E-state index in [0.29, 0.717) is 12.5 Å². The minimum absolute atomic E-state index is 0.194. The molecule has 0 aromatic rings. The summed E-state index contributed by atoms with van der Waals surface area (Å²) in [4.78, 5) is 0. The van der Waals surface area contributed by atoms with Crippen molar-refractivity contribution in [1.29, 1.82) is 0 Å². The van der Waals surface area contributed by atoms with Crippen LogP contribution in [0, 0.1) is 5.92 Å². The lowest BCUT2D eigenvalue weighted by molar-refractivity contribution is 0.363. The molecule has 0 radical (unpaired) electrons. The molecule has 0 atom stereocenters. The fourth-order valence-electron chi connectivity index (χ4n) is 1.84. The van der Waals surface area contributed by atoms with E-state index in [-0.39, 0.29) is 5.25 Å². The Morgan fingerprint density at radius 3 is 2.23 bits per heavy atom. The van der Waals surface area contributed by atoms with Gasteiger partial charge < -0.3 is 5.73 Å². The summed E-state index contributed by atoms with van der Waals surface area (Å²) in [6, 6.07) is 0. The van der Waals surface area contributed by atoms with Crippen LogP contribution in [0.1, 0.15) is 25.7 Å². The zero-order chi connectivity index (χ0) is 9.90. The quantitative estimate of drug-likeness (QED) is 0.685. The first-order valence-corrected chi connectivity index (χ1v) is 6.27. The number of rotatable bonds is 3. The highest BCUT2D eigenvalue weighted by molar-refractivity contribution is 7.90. The van der Waals surface area contributed by atoms with Gasteiger partial charge in [-0.25, -0.2) is 13.1 Å². The van der Waals surface area contributed by atoms with Gasteiger partial charge in [0.1, 0.15) is 0 Å². The molecule has 0 saturated heterocycles. The lowest BCUT2D eigenvalue weighted by Crippen LogP contribution is -2.35. The highest BCUT2D eigenvalue weighted by Crippen LogP contribution is 2.27. The van der Waals surface area contributed by atoms with Crippen molar-refractivity contribution in [3.05, 3.63) is 0 Å². The number of hydrogen-bond donors (Lipinski definition) is 2. The molecular formula is C8H18N2O2S. The summed E-state index contributed by atoms with van der Waals surface area (Å²) >= 11 is 0. The lowest BCUT2D eigenvalue weighted by Gasteiger charge is -2.26. The van der Waals surface area contributed by atoms with Gasteiger partial charge in [0.05, 0.1) is 5.25 Å². The van der Waals surface area contributed by atoms with E-state index in [9.17, 15) is 8.42 Å². The predicted molar refractivity (Wildman–Crippen MR) is 52.8 cm³/mol. The van der Waals surface area contributed by atoms with Gasteiger partial charge in [0.15, 0.2) is 0 Å². The molecule has 0 spiro atoms. The van der Waals surface area contributed by atoms with E-state index in [1.807, 2.05) is 0 Å². The monoisotopic (exact) mass is 206 g/mol. The molecule has 5 heteroatoms. The van der Waals surface area contributed by atoms with Crippen molar-refractivity contribution in [2.75, 3.05) is 13.6 Å². The maximum Gasteiger partial charge on any atom is 0.214 e. The van der Waals surface area contributed by atoms with Crippen molar-refractivity contribution in [2.24, 2.45) is 11.7 Å². The first kappa shape index (κ1) is 10.9. The molecule has 0 amide bonds. The second-order valence-electron chi connectivity index (χ2n) is 3.63. The van der Waals surface area contributed by atoms with Gasteiger partial charge in [-0.1, -0.05) is 0 Å². The molecule has 0 unspecified atom stereocenters. The Kier molecular flexibility index (Phi) is 3.70. The van der Waals surface area contributed by atoms with E-state index in [0.717, 1.165) is 25.7 Å². The van der Waals surface area contributed by atoms with Crippen LogP contribution in [-0.2, 0) is 10.0 Å². The highest BCUT2D eigenvalue weighted by Gasteiger charge is 2.28. The molecule has 3 N–H and O–H groups in total. The predicted octanol–water partition coefficient (Wildman–Crippen LogP) is 0.0531. The molecule has 4 nitrogen and oxygen atoms in total. The van der Waals surface area contributed by atoms with Gasteiger partial charge in [0.25, 0.3) is 0 Å². The van der Waals surface area contributed by atoms with Crippen LogP contribution in [-0.4, -0.2) is 27.3 Å². The van der Waals surface area contributed by atoms with Crippen molar-refractivity contribution >= 4 is 10.0 Å². The summed E-state index contributed by atoms with van der Waals surface area (Å²) in [5, 5.41) is -0.194. The molecule has 0 heterocycles. The van der Waals surface area contributed by atoms with Gasteiger partial charge in [-0.3, -0.25) is 0 Å². The van der Waals surface area contributed by atoms with Crippen molar-refractivity contribution in [3.63, 3.8) is 0 Å². The second kappa shape index (κ2) is 4.39. The number of nitrogens with one attached hydrogen (secondary N) is 1. The van der Waals surface area contributed by atoms with Gasteiger partial charge in [0.2, 0.25) is 10.0 Å². The number of nitrogens with two attached hydrogens (primary N) is 1. The van der Waals surface area contributed by atoms with Crippen LogP contribution >= 0.6 is 0 Å². The maximum atomic E-state index is 11.4. The Morgan fingerprint density at radius 2 is 1.85 bits per heavy atom. The van der Waals surface area contributed by atoms with Gasteiger partial charge in [-0.15, -0.1) is 0 Å². The third kappa shape index (κ3) is 2.65. The molecule has 1 aliphatic rings. The van der Waals surface area contributed by atoms with E-state index in [2.05, 4.69) is 4.72 Å². The Bertz CT molecular complexity index is 243. The SMILES string of the molecule is CNS(=O)(=O)[C@H]1CC[C@H](CN)CC1. The number of hydrogen-bond acceptors (Lipinski definition) is 3. The van der Waals surface area contributed by atoms with Crippen LogP contribution in [0.15, 0.2) is 0 Å². The molecule has 0 aliphatic heterocycles. The topological polar surface area (TPSA) is 72.2 Å². The van der Waals surface area contributed by atoms with Crippen molar-refractivity contribution in [3.8, 4) is 0 Å². The zero-order valence-electron chi connectivity index (χ0n) is 7.99. The van der Waals surface area contributed by atoms with Gasteiger partial charge in [-0.05, 0) is 45.2 Å². The van der Waals surface area contributed by atoms with Crippen LogP contribution < -0.4 is 10.5 Å². The van der Waals surface area contributed by atoms with Crippen LogP contribution in [0.4, 0.5) is 0 Å². The Hall–Kier alpha value is -0.130. The standard InChI is InChI=1S/C8H18N2O2S/c1-10-13(11,12)8-4-2-7(6-9)3-5-8/h7-8,10H,2-6,9H2,1H3/t7-,8-. The smallest absolute Gasteiger partial charge is 0.214 e. The van der Waals surface area contributed by atoms with E-state index in [1.165, 1.54) is 7.05 Å². The van der Waals surface area contributed by atoms with Gasteiger partial charge in [0, 0.05) is 0 Å². The number of sulfonamides is 1. The van der Waals surface area contributed by atoms with E-state index in [1.54, 1.807) is 0 Å². The van der Waals surface area contributed by atoms with Crippen molar-refractivity contribution < 1.29 is 8.42 Å². The Balaban J connectivity index is 2.50. The highest BCUT2D eigenvalue weighted by atomic mass is 32.2. The molecule has 0 aromatic heterocycles. The third-order valence-corrected chi connectivity index (χ3v) is 4.77. The average molecular weight is 206 g/mol. The molecule has 0 aromatic carbocycles. The molecular weight excluding hydrogens is 188 g/mol. The fourth-order valence-corrected chi connectivity index (χ4v) is 3.07. The summed E-state index contributed by atoms with van der Waals surface area (Å²) in [7, 11) is -1.57. The molecule has 1 aliphatic carbocycles. The minimum Gasteiger partial charge on any atom is -0.330 e. The molecule has 78 valence electrons. The summed E-state index contributed by atoms with van der Waals surface area (Å²) in [5.41, 5.74) is 5.53. The third-order valence-electron chi connectivity index (χ3n) is 2.85. The Morgan fingerprint density at radius 1 is 1.31 bits per heavy atom. The van der Waals surface area contributed by atoms with Crippen LogP contribution in [0.25, 0.3) is 0 Å². The zero-order valence-corrected chi connectivity index (χ0v) is 8.81. The molecule has 13 heavy (non-hydrogen) atoms. The summed E-state index contributed by atoms with van der Waals surface area (Å²) in [5.74, 6) is 0.531. The van der Waals surface area contributed by atoms with E-state index in [4.69, 9.17) is 5.73 Å². The van der Waals surface area contributed by atoms with Crippen LogP contribution in [0.2, 0.25) is 0 Å². The molecule has 1 saturated carbocycles. The summed E-state index contributed by atoms with van der Waals surface area (Å²) in [6.45, 7) is 0.687. The van der Waals surface area contributed by atoms with Crippen LogP contribution in [0.3, 0.4) is 0 Å². The Labute approximate surface area is 79.9 Å². The second-order valence-corrected chi connectivity index (χ2v) is 5.79. The van der Waals surface area contributed by atoms with Gasteiger partial charge >= 0.3 is 0 Å². The van der Waals surface area contributed by atoms with E-state index >= 15 is 0 Å². The minimum atomic E-state index is -3.04. The van der Waals surface area contributed by atoms with Crippen molar-refractivity contribution in [1.82, 2.24) is 4.72 Å². The lowest BCUT2D eigenvalue weighted by atomic mass is 9.89. The van der Waals surface area contributed by atoms with Crippen molar-refractivity contribution in [2.45, 2.75) is 30.9 Å². The largest absolute Gasteiger partial charge is 0.330 e. The van der Waals surface area contributed by atoms with Crippen LogP contribution in [0.5, 0.6) is 0 Å². The summed E-state index contributed by atoms with van der Waals surface area (Å²) in [6.07, 6.45) is 3.40. The average Bonchev–Trinajstić information content (AvgIpc) is 2.18. The maximum absolute atomic E-state index is 11.4.